The summed E-state index contributed by atoms with van der Waals surface area (Å²) in [6, 6.07) is -0.314. The first-order valence-corrected chi connectivity index (χ1v) is 9.62. The molecule has 0 saturated carbocycles. The van der Waals surface area contributed by atoms with E-state index in [4.69, 9.17) is 0 Å². The van der Waals surface area contributed by atoms with Crippen molar-refractivity contribution in [2.45, 2.75) is 48.9 Å². The Labute approximate surface area is 157 Å². The number of rotatable bonds is 5. The maximum absolute atomic E-state index is 12.6. The minimum absolute atomic E-state index is 0.395. The molecule has 4 atom stereocenters. The number of thiophene rings is 1. The molecule has 1 unspecified atom stereocenters. The lowest BCUT2D eigenvalue weighted by molar-refractivity contribution is -0.161. The fourth-order valence-electron chi connectivity index (χ4n) is 3.46. The molecule has 0 aliphatic carbocycles. The van der Waals surface area contributed by atoms with Gasteiger partial charge in [0.05, 0.1) is 0 Å². The lowest BCUT2D eigenvalue weighted by Gasteiger charge is -2.43. The van der Waals surface area contributed by atoms with Crippen LogP contribution in [0.4, 0.5) is 0 Å². The third kappa shape index (κ3) is 2.77. The maximum Gasteiger partial charge on any atom is 0.327 e. The van der Waals surface area contributed by atoms with Crippen LogP contribution < -0.4 is 5.32 Å². The van der Waals surface area contributed by atoms with Crippen LogP contribution in [0.5, 0.6) is 0 Å². The van der Waals surface area contributed by atoms with Crippen molar-refractivity contribution < 1.29 is 29.4 Å². The topological polar surface area (TPSA) is 124 Å². The van der Waals surface area contributed by atoms with Crippen molar-refractivity contribution in [3.05, 3.63) is 21.9 Å². The molecule has 3 heterocycles. The van der Waals surface area contributed by atoms with Crippen LogP contribution in [0.3, 0.4) is 0 Å². The Morgan fingerprint density at radius 3 is 2.46 bits per heavy atom. The Morgan fingerprint density at radius 1 is 1.31 bits per heavy atom. The molecule has 2 aliphatic heterocycles. The number of aliphatic carboxylic acids is 2. The average Bonchev–Trinajstić information content (AvgIpc) is 3.04. The molecule has 1 aromatic heterocycles. The third-order valence-corrected chi connectivity index (χ3v) is 7.12. The Balaban J connectivity index is 1.79. The van der Waals surface area contributed by atoms with Gasteiger partial charge in [0.15, 0.2) is 5.92 Å². The number of hydrogen-bond acceptors (Lipinski definition) is 6. The predicted octanol–water partition coefficient (Wildman–Crippen LogP) is 0.856. The van der Waals surface area contributed by atoms with Gasteiger partial charge in [0, 0.05) is 9.62 Å². The summed E-state index contributed by atoms with van der Waals surface area (Å²) in [7, 11) is 0. The van der Waals surface area contributed by atoms with Gasteiger partial charge in [-0.05, 0) is 37.8 Å². The van der Waals surface area contributed by atoms with Gasteiger partial charge in [0.1, 0.15) is 17.5 Å². The molecule has 0 radical (unpaired) electrons. The van der Waals surface area contributed by atoms with Gasteiger partial charge in [-0.15, -0.1) is 23.1 Å². The Kier molecular flexibility index (Phi) is 4.51. The van der Waals surface area contributed by atoms with E-state index >= 15 is 0 Å². The zero-order valence-corrected chi connectivity index (χ0v) is 15.9. The Hall–Kier alpha value is -2.07. The highest BCUT2D eigenvalue weighted by atomic mass is 32.2. The second kappa shape index (κ2) is 6.27. The van der Waals surface area contributed by atoms with E-state index in [1.807, 2.05) is 0 Å². The first-order valence-electron chi connectivity index (χ1n) is 7.86. The highest BCUT2D eigenvalue weighted by molar-refractivity contribution is 8.01. The van der Waals surface area contributed by atoms with E-state index in [1.54, 1.807) is 32.2 Å². The van der Waals surface area contributed by atoms with E-state index < -0.39 is 51.9 Å². The van der Waals surface area contributed by atoms with Crippen LogP contribution >= 0.6 is 23.1 Å². The molecule has 2 fully saturated rings. The first-order chi connectivity index (χ1) is 12.1. The molecule has 0 bridgehead atoms. The number of carboxylic acid groups (broad SMARTS) is 2. The number of carbonyl (C=O) groups excluding carboxylic acids is 2. The van der Waals surface area contributed by atoms with E-state index in [0.717, 1.165) is 4.88 Å². The number of amides is 2. The van der Waals surface area contributed by atoms with Crippen molar-refractivity contribution in [2.75, 3.05) is 0 Å². The minimum Gasteiger partial charge on any atom is -0.480 e. The molecular weight excluding hydrogens is 380 g/mol. The quantitative estimate of drug-likeness (QED) is 0.496. The number of nitrogens with one attached hydrogen (secondary N) is 1. The lowest BCUT2D eigenvalue weighted by Crippen LogP contribution is -2.71. The summed E-state index contributed by atoms with van der Waals surface area (Å²) in [5.74, 6) is -5.07. The number of nitrogens with zero attached hydrogens (tertiary/aromatic N) is 1. The fourth-order valence-corrected chi connectivity index (χ4v) is 5.83. The summed E-state index contributed by atoms with van der Waals surface area (Å²) in [5.41, 5.74) is 0.395. The van der Waals surface area contributed by atoms with Gasteiger partial charge in [-0.1, -0.05) is 0 Å². The largest absolute Gasteiger partial charge is 0.480 e. The Morgan fingerprint density at radius 2 is 1.96 bits per heavy atom. The number of hydrogen-bond donors (Lipinski definition) is 3. The summed E-state index contributed by atoms with van der Waals surface area (Å²) < 4.78 is -0.707. The third-order valence-electron chi connectivity index (χ3n) is 4.69. The van der Waals surface area contributed by atoms with E-state index in [2.05, 4.69) is 5.32 Å². The highest BCUT2D eigenvalue weighted by Gasteiger charge is 2.64. The van der Waals surface area contributed by atoms with Crippen molar-refractivity contribution in [1.29, 1.82) is 0 Å². The summed E-state index contributed by atoms with van der Waals surface area (Å²) in [5, 5.41) is 22.6. The monoisotopic (exact) mass is 398 g/mol. The van der Waals surface area contributed by atoms with Gasteiger partial charge < -0.3 is 20.4 Å². The van der Waals surface area contributed by atoms with E-state index in [9.17, 15) is 29.4 Å². The van der Waals surface area contributed by atoms with Gasteiger partial charge in [-0.3, -0.25) is 14.4 Å². The van der Waals surface area contributed by atoms with Crippen LogP contribution in [0.1, 0.15) is 30.2 Å². The number of carbonyl (C=O) groups is 4. The molecular formula is C16H18N2O6S2. The second-order valence-electron chi connectivity index (χ2n) is 6.79. The molecule has 140 valence electrons. The summed E-state index contributed by atoms with van der Waals surface area (Å²) in [6.45, 7) is 5.19. The normalized spacial score (nSPS) is 27.4. The summed E-state index contributed by atoms with van der Waals surface area (Å²) >= 11 is 2.63. The average molecular weight is 398 g/mol. The van der Waals surface area contributed by atoms with Gasteiger partial charge in [0.25, 0.3) is 0 Å². The molecule has 10 heteroatoms. The van der Waals surface area contributed by atoms with Crippen LogP contribution in [-0.4, -0.2) is 61.1 Å². The van der Waals surface area contributed by atoms with E-state index in [-0.39, 0.29) is 0 Å². The standard InChI is InChI=1S/C16H18N2O6S2/c1-6-7(4-5-25-6)8(14(21)22)11(19)17-9-12(20)18-10(15(23)24)16(2,3)26-13(9)18/h4-5,8-10,13H,1-3H3,(H,17,19)(H,21,22)(H,23,24)/t8?,9-,10-,13-/m1/s1. The number of β-lactam (4-membered cyclic amide) rings is 1. The number of fused-ring (bicyclic) bond motifs is 1. The second-order valence-corrected chi connectivity index (χ2v) is 9.68. The molecule has 3 N–H and O–H groups in total. The van der Waals surface area contributed by atoms with E-state index in [0.29, 0.717) is 5.56 Å². The first kappa shape index (κ1) is 18.7. The fraction of sp³-hybridized carbons (Fsp3) is 0.500. The summed E-state index contributed by atoms with van der Waals surface area (Å²) in [6.07, 6.45) is 0. The number of carboxylic acids is 2. The number of thioether (sulfide) groups is 1. The van der Waals surface area contributed by atoms with Gasteiger partial charge in [0.2, 0.25) is 11.8 Å². The predicted molar refractivity (Wildman–Crippen MR) is 95.1 cm³/mol. The van der Waals surface area contributed by atoms with Crippen molar-refractivity contribution in [3.63, 3.8) is 0 Å². The molecule has 0 aromatic carbocycles. The van der Waals surface area contributed by atoms with Gasteiger partial charge >= 0.3 is 11.9 Å². The molecule has 1 aromatic rings. The van der Waals surface area contributed by atoms with Crippen LogP contribution in [0.2, 0.25) is 0 Å². The zero-order chi connectivity index (χ0) is 19.4. The van der Waals surface area contributed by atoms with Crippen LogP contribution in [0, 0.1) is 6.92 Å². The molecule has 2 amide bonds. The van der Waals surface area contributed by atoms with Crippen molar-refractivity contribution in [3.8, 4) is 0 Å². The van der Waals surface area contributed by atoms with Gasteiger partial charge in [-0.25, -0.2) is 4.79 Å². The number of aryl methyl sites for hydroxylation is 1. The van der Waals surface area contributed by atoms with Crippen molar-refractivity contribution >= 4 is 46.9 Å². The molecule has 2 saturated heterocycles. The molecule has 8 nitrogen and oxygen atoms in total. The smallest absolute Gasteiger partial charge is 0.327 e. The van der Waals surface area contributed by atoms with Gasteiger partial charge in [-0.2, -0.15) is 0 Å². The van der Waals surface area contributed by atoms with Crippen LogP contribution in [0.15, 0.2) is 11.4 Å². The lowest BCUT2D eigenvalue weighted by atomic mass is 9.94. The van der Waals surface area contributed by atoms with Crippen molar-refractivity contribution in [2.24, 2.45) is 0 Å². The molecule has 26 heavy (non-hydrogen) atoms. The molecule has 3 rings (SSSR count). The zero-order valence-electron chi connectivity index (χ0n) is 14.3. The SMILES string of the molecule is Cc1sccc1C(C(=O)O)C(=O)N[C@@H]1C(=O)N2[C@@H]1SC(C)(C)[C@H]2C(=O)O. The highest BCUT2D eigenvalue weighted by Crippen LogP contribution is 2.50. The van der Waals surface area contributed by atoms with Crippen LogP contribution in [-0.2, 0) is 19.2 Å². The molecule has 0 spiro atoms. The Bertz CT molecular complexity index is 804. The minimum atomic E-state index is -1.40. The summed E-state index contributed by atoms with van der Waals surface area (Å²) in [4.78, 5) is 50.1. The molecule has 2 aliphatic rings. The van der Waals surface area contributed by atoms with E-state index in [1.165, 1.54) is 28.0 Å². The van der Waals surface area contributed by atoms with Crippen molar-refractivity contribution in [1.82, 2.24) is 10.2 Å². The van der Waals surface area contributed by atoms with Crippen LogP contribution in [0.25, 0.3) is 0 Å². The maximum atomic E-state index is 12.6.